The second-order valence-electron chi connectivity index (χ2n) is 6.80. The first-order chi connectivity index (χ1) is 14.5. The molecule has 1 aromatic heterocycles. The number of hydrogen-bond donors (Lipinski definition) is 2. The third-order valence-electron chi connectivity index (χ3n) is 4.74. The lowest BCUT2D eigenvalue weighted by Crippen LogP contribution is -2.17. The van der Waals surface area contributed by atoms with Crippen LogP contribution in [0.15, 0.2) is 82.3 Å². The fourth-order valence-electron chi connectivity index (χ4n) is 3.19. The molecule has 2 N–H and O–H groups in total. The summed E-state index contributed by atoms with van der Waals surface area (Å²) in [4.78, 5) is 23.4. The van der Waals surface area contributed by atoms with Crippen molar-refractivity contribution in [2.24, 2.45) is 5.10 Å². The first kappa shape index (κ1) is 19.1. The third-order valence-corrected chi connectivity index (χ3v) is 4.74. The molecule has 0 unspecified atom stereocenters. The Kier molecular flexibility index (Phi) is 5.13. The summed E-state index contributed by atoms with van der Waals surface area (Å²) in [6.45, 7) is 1.82. The molecule has 6 nitrogen and oxygen atoms in total. The van der Waals surface area contributed by atoms with E-state index in [0.29, 0.717) is 17.1 Å². The Morgan fingerprint density at radius 3 is 2.47 bits per heavy atom. The van der Waals surface area contributed by atoms with Crippen molar-refractivity contribution in [3.8, 4) is 11.3 Å². The average Bonchev–Trinajstić information content (AvgIpc) is 3.21. The van der Waals surface area contributed by atoms with Crippen LogP contribution in [0.3, 0.4) is 0 Å². The maximum absolute atomic E-state index is 12.3. The summed E-state index contributed by atoms with van der Waals surface area (Å²) in [5, 5.41) is 15.1. The van der Waals surface area contributed by atoms with Crippen molar-refractivity contribution in [2.45, 2.75) is 6.92 Å². The van der Waals surface area contributed by atoms with Gasteiger partial charge in [-0.2, -0.15) is 5.10 Å². The number of furan rings is 1. The number of benzene rings is 3. The maximum Gasteiger partial charge on any atom is 0.335 e. The number of fused-ring (bicyclic) bond motifs is 1. The van der Waals surface area contributed by atoms with Gasteiger partial charge >= 0.3 is 5.97 Å². The van der Waals surface area contributed by atoms with Gasteiger partial charge in [-0.25, -0.2) is 10.2 Å². The van der Waals surface area contributed by atoms with Crippen LogP contribution >= 0.6 is 0 Å². The Bertz CT molecular complexity index is 1290. The molecule has 148 valence electrons. The second-order valence-corrected chi connectivity index (χ2v) is 6.80. The highest BCUT2D eigenvalue weighted by Crippen LogP contribution is 2.26. The Morgan fingerprint density at radius 1 is 0.933 bits per heavy atom. The van der Waals surface area contributed by atoms with Gasteiger partial charge in [0.15, 0.2) is 0 Å². The standard InChI is InChI=1S/C24H18N2O4/c1-15-12-19(24(28)29)8-10-21(15)22-11-9-20(30-22)14-25-26-23(27)18-7-6-16-4-2-3-5-17(16)13-18/h2-14H,1H3,(H,26,27)(H,28,29)/b25-14-. The van der Waals surface area contributed by atoms with Crippen LogP contribution in [-0.4, -0.2) is 23.2 Å². The van der Waals surface area contributed by atoms with Crippen LogP contribution < -0.4 is 5.43 Å². The van der Waals surface area contributed by atoms with Crippen molar-refractivity contribution in [1.82, 2.24) is 5.43 Å². The smallest absolute Gasteiger partial charge is 0.335 e. The number of carboxylic acids is 1. The Hall–Kier alpha value is -4.19. The fourth-order valence-corrected chi connectivity index (χ4v) is 3.19. The molecule has 0 saturated carbocycles. The molecule has 1 amide bonds. The molecule has 0 spiro atoms. The minimum Gasteiger partial charge on any atom is -0.478 e. The highest BCUT2D eigenvalue weighted by molar-refractivity contribution is 5.98. The van der Waals surface area contributed by atoms with E-state index in [1.54, 1.807) is 30.3 Å². The average molecular weight is 398 g/mol. The zero-order valence-corrected chi connectivity index (χ0v) is 16.1. The van der Waals surface area contributed by atoms with Gasteiger partial charge in [0.25, 0.3) is 5.91 Å². The summed E-state index contributed by atoms with van der Waals surface area (Å²) < 4.78 is 5.75. The predicted octanol–water partition coefficient (Wildman–Crippen LogP) is 4.87. The summed E-state index contributed by atoms with van der Waals surface area (Å²) >= 11 is 0. The van der Waals surface area contributed by atoms with E-state index in [9.17, 15) is 9.59 Å². The van der Waals surface area contributed by atoms with E-state index < -0.39 is 5.97 Å². The molecule has 0 radical (unpaired) electrons. The second kappa shape index (κ2) is 8.05. The Labute approximate surface area is 172 Å². The van der Waals surface area contributed by atoms with Gasteiger partial charge in [-0.1, -0.05) is 36.4 Å². The number of nitrogens with one attached hydrogen (secondary N) is 1. The normalized spacial score (nSPS) is 11.1. The summed E-state index contributed by atoms with van der Waals surface area (Å²) in [6, 6.07) is 21.6. The third kappa shape index (κ3) is 3.98. The lowest BCUT2D eigenvalue weighted by atomic mass is 10.0. The molecular formula is C24H18N2O4. The first-order valence-electron chi connectivity index (χ1n) is 9.27. The zero-order valence-electron chi connectivity index (χ0n) is 16.1. The van der Waals surface area contributed by atoms with E-state index >= 15 is 0 Å². The quantitative estimate of drug-likeness (QED) is 0.371. The lowest BCUT2D eigenvalue weighted by Gasteiger charge is -2.04. The summed E-state index contributed by atoms with van der Waals surface area (Å²) in [6.07, 6.45) is 1.42. The lowest BCUT2D eigenvalue weighted by molar-refractivity contribution is 0.0696. The number of aromatic carboxylic acids is 1. The van der Waals surface area contributed by atoms with Gasteiger partial charge in [-0.05, 0) is 59.7 Å². The SMILES string of the molecule is Cc1cc(C(=O)O)ccc1-c1ccc(/C=N\NC(=O)c2ccc3ccccc3c2)o1. The molecule has 0 fully saturated rings. The van der Waals surface area contributed by atoms with E-state index in [2.05, 4.69) is 10.5 Å². The largest absolute Gasteiger partial charge is 0.478 e. The number of hydrazone groups is 1. The van der Waals surface area contributed by atoms with E-state index in [4.69, 9.17) is 9.52 Å². The van der Waals surface area contributed by atoms with E-state index in [-0.39, 0.29) is 11.5 Å². The van der Waals surface area contributed by atoms with Crippen LogP contribution in [-0.2, 0) is 0 Å². The number of carbonyl (C=O) groups excluding carboxylic acids is 1. The number of amides is 1. The Balaban J connectivity index is 1.45. The van der Waals surface area contributed by atoms with Crippen molar-refractivity contribution in [3.63, 3.8) is 0 Å². The molecule has 0 aliphatic heterocycles. The molecule has 0 bridgehead atoms. The van der Waals surface area contributed by atoms with Crippen LogP contribution in [0.1, 0.15) is 32.0 Å². The Morgan fingerprint density at radius 2 is 1.70 bits per heavy atom. The van der Waals surface area contributed by atoms with Crippen molar-refractivity contribution in [1.29, 1.82) is 0 Å². The molecule has 1 heterocycles. The number of carbonyl (C=O) groups is 2. The highest BCUT2D eigenvalue weighted by atomic mass is 16.4. The van der Waals surface area contributed by atoms with Gasteiger partial charge in [0.1, 0.15) is 11.5 Å². The van der Waals surface area contributed by atoms with Crippen molar-refractivity contribution < 1.29 is 19.1 Å². The molecule has 4 rings (SSSR count). The molecular weight excluding hydrogens is 380 g/mol. The first-order valence-corrected chi connectivity index (χ1v) is 9.27. The fraction of sp³-hybridized carbons (Fsp3) is 0.0417. The molecule has 30 heavy (non-hydrogen) atoms. The minimum atomic E-state index is -0.973. The minimum absolute atomic E-state index is 0.223. The van der Waals surface area contributed by atoms with Gasteiger partial charge in [0.2, 0.25) is 0 Å². The van der Waals surface area contributed by atoms with E-state index in [1.165, 1.54) is 12.3 Å². The summed E-state index contributed by atoms with van der Waals surface area (Å²) in [5.41, 5.74) is 4.82. The van der Waals surface area contributed by atoms with E-state index in [0.717, 1.165) is 21.9 Å². The molecule has 0 aliphatic carbocycles. The number of aryl methyl sites for hydroxylation is 1. The van der Waals surface area contributed by atoms with Crippen LogP contribution in [0.4, 0.5) is 0 Å². The molecule has 0 atom stereocenters. The van der Waals surface area contributed by atoms with Crippen LogP contribution in [0.2, 0.25) is 0 Å². The van der Waals surface area contributed by atoms with Crippen molar-refractivity contribution >= 4 is 28.9 Å². The number of nitrogens with zero attached hydrogens (tertiary/aromatic N) is 1. The molecule has 3 aromatic carbocycles. The van der Waals surface area contributed by atoms with Crippen molar-refractivity contribution in [2.75, 3.05) is 0 Å². The predicted molar refractivity (Wildman–Crippen MR) is 115 cm³/mol. The van der Waals surface area contributed by atoms with Gasteiger partial charge in [-0.15, -0.1) is 0 Å². The number of carboxylic acid groups (broad SMARTS) is 1. The van der Waals surface area contributed by atoms with Gasteiger partial charge < -0.3 is 9.52 Å². The summed E-state index contributed by atoms with van der Waals surface area (Å²) in [7, 11) is 0. The molecule has 0 saturated heterocycles. The summed E-state index contributed by atoms with van der Waals surface area (Å²) in [5.74, 6) is -0.236. The molecule has 6 heteroatoms. The molecule has 4 aromatic rings. The van der Waals surface area contributed by atoms with Gasteiger partial charge in [-0.3, -0.25) is 4.79 Å². The van der Waals surface area contributed by atoms with Crippen LogP contribution in [0.5, 0.6) is 0 Å². The topological polar surface area (TPSA) is 91.9 Å². The number of hydrogen-bond acceptors (Lipinski definition) is 4. The van der Waals surface area contributed by atoms with Crippen LogP contribution in [0.25, 0.3) is 22.1 Å². The highest BCUT2D eigenvalue weighted by Gasteiger charge is 2.10. The monoisotopic (exact) mass is 398 g/mol. The van der Waals surface area contributed by atoms with Crippen molar-refractivity contribution in [3.05, 3.63) is 95.2 Å². The van der Waals surface area contributed by atoms with Gasteiger partial charge in [0, 0.05) is 11.1 Å². The zero-order chi connectivity index (χ0) is 21.1. The van der Waals surface area contributed by atoms with Crippen LogP contribution in [0, 0.1) is 6.92 Å². The number of rotatable bonds is 5. The maximum atomic E-state index is 12.3. The van der Waals surface area contributed by atoms with Gasteiger partial charge in [0.05, 0.1) is 11.8 Å². The van der Waals surface area contributed by atoms with E-state index in [1.807, 2.05) is 43.3 Å². The molecule has 0 aliphatic rings.